The smallest absolute Gasteiger partial charge is 0.304 e. The Balaban J connectivity index is 2.04. The van der Waals surface area contributed by atoms with Crippen LogP contribution in [0.15, 0.2) is 12.4 Å². The van der Waals surface area contributed by atoms with Crippen LogP contribution in [0.25, 0.3) is 0 Å². The third-order valence-corrected chi connectivity index (χ3v) is 3.65. The maximum Gasteiger partial charge on any atom is 0.304 e. The molecule has 2 rings (SSSR count). The first kappa shape index (κ1) is 16.4. The number of carbonyl (C=O) groups is 1. The van der Waals surface area contributed by atoms with Crippen LogP contribution in [0.1, 0.15) is 6.42 Å². The molecule has 0 bridgehead atoms. The zero-order chi connectivity index (χ0) is 16.1. The van der Waals surface area contributed by atoms with Crippen molar-refractivity contribution in [3.05, 3.63) is 12.4 Å². The fraction of sp³-hybridized carbons (Fsp3) is 0.643. The lowest BCUT2D eigenvalue weighted by Gasteiger charge is -2.23. The Labute approximate surface area is 130 Å². The molecule has 1 aliphatic heterocycles. The molecule has 1 aromatic heterocycles. The molecule has 0 aromatic carbocycles. The highest BCUT2D eigenvalue weighted by Crippen LogP contribution is 2.18. The van der Waals surface area contributed by atoms with E-state index in [1.54, 1.807) is 0 Å². The molecule has 0 spiro atoms. The van der Waals surface area contributed by atoms with Crippen LogP contribution < -0.4 is 9.80 Å². The van der Waals surface area contributed by atoms with E-state index < -0.39 is 12.1 Å². The molecule has 1 aliphatic rings. The number of aromatic nitrogens is 2. The Morgan fingerprint density at radius 3 is 2.82 bits per heavy atom. The van der Waals surface area contributed by atoms with Gasteiger partial charge in [-0.15, -0.1) is 0 Å². The van der Waals surface area contributed by atoms with Crippen molar-refractivity contribution in [2.75, 3.05) is 56.6 Å². The molecule has 1 fully saturated rings. The van der Waals surface area contributed by atoms with Crippen LogP contribution in [0.3, 0.4) is 0 Å². The molecule has 1 aromatic rings. The van der Waals surface area contributed by atoms with Gasteiger partial charge in [-0.05, 0) is 0 Å². The summed E-state index contributed by atoms with van der Waals surface area (Å²) in [6, 6.07) is 1.89. The van der Waals surface area contributed by atoms with Crippen molar-refractivity contribution in [2.45, 2.75) is 12.5 Å². The second-order valence-corrected chi connectivity index (χ2v) is 5.67. The first-order valence-electron chi connectivity index (χ1n) is 7.32. The van der Waals surface area contributed by atoms with E-state index in [0.717, 1.165) is 11.6 Å². The number of aliphatic carboxylic acids is 1. The van der Waals surface area contributed by atoms with E-state index in [4.69, 9.17) is 5.11 Å². The van der Waals surface area contributed by atoms with E-state index in [2.05, 4.69) is 9.97 Å². The first-order chi connectivity index (χ1) is 10.5. The largest absolute Gasteiger partial charge is 0.481 e. The van der Waals surface area contributed by atoms with Gasteiger partial charge in [0.1, 0.15) is 18.0 Å². The molecule has 8 heteroatoms. The molecular formula is C14H23N5O3. The summed E-state index contributed by atoms with van der Waals surface area (Å²) >= 11 is 0. The summed E-state index contributed by atoms with van der Waals surface area (Å²) in [7, 11) is 3.83. The minimum Gasteiger partial charge on any atom is -0.481 e. The van der Waals surface area contributed by atoms with Gasteiger partial charge in [-0.25, -0.2) is 9.97 Å². The van der Waals surface area contributed by atoms with Gasteiger partial charge < -0.3 is 20.0 Å². The normalized spacial score (nSPS) is 19.8. The minimum atomic E-state index is -0.818. The van der Waals surface area contributed by atoms with Crippen LogP contribution in [0.2, 0.25) is 0 Å². The summed E-state index contributed by atoms with van der Waals surface area (Å²) < 4.78 is 0. The van der Waals surface area contributed by atoms with Gasteiger partial charge in [-0.1, -0.05) is 0 Å². The minimum absolute atomic E-state index is 0.0883. The Morgan fingerprint density at radius 2 is 2.14 bits per heavy atom. The van der Waals surface area contributed by atoms with Crippen molar-refractivity contribution in [2.24, 2.45) is 0 Å². The molecule has 122 valence electrons. The lowest BCUT2D eigenvalue weighted by Crippen LogP contribution is -2.34. The van der Waals surface area contributed by atoms with E-state index in [1.165, 1.54) is 6.33 Å². The van der Waals surface area contributed by atoms with Gasteiger partial charge in [0.25, 0.3) is 0 Å². The standard InChI is InChI=1S/C14H23N5O3/c1-17(2)12-7-13(16-10-15-12)19-6-5-18(4-3-14(21)22)8-11(20)9-19/h7,10-11,20H,3-6,8-9H2,1-2H3,(H,21,22)/t11-/m1/s1. The summed E-state index contributed by atoms with van der Waals surface area (Å²) in [6.07, 6.45) is 1.07. The lowest BCUT2D eigenvalue weighted by atomic mass is 10.3. The second-order valence-electron chi connectivity index (χ2n) is 5.67. The average Bonchev–Trinajstić information content (AvgIpc) is 2.66. The van der Waals surface area contributed by atoms with Crippen LogP contribution in [0.4, 0.5) is 11.6 Å². The van der Waals surface area contributed by atoms with E-state index in [-0.39, 0.29) is 6.42 Å². The average molecular weight is 309 g/mol. The number of nitrogens with zero attached hydrogens (tertiary/aromatic N) is 5. The summed E-state index contributed by atoms with van der Waals surface area (Å²) in [5.41, 5.74) is 0. The van der Waals surface area contributed by atoms with Crippen LogP contribution in [0, 0.1) is 0 Å². The van der Waals surface area contributed by atoms with Crippen LogP contribution in [0.5, 0.6) is 0 Å². The van der Waals surface area contributed by atoms with Crippen molar-refractivity contribution in [1.82, 2.24) is 14.9 Å². The van der Waals surface area contributed by atoms with Gasteiger partial charge in [0.2, 0.25) is 0 Å². The molecule has 22 heavy (non-hydrogen) atoms. The second kappa shape index (κ2) is 7.37. The van der Waals surface area contributed by atoms with Crippen molar-refractivity contribution in [1.29, 1.82) is 0 Å². The maximum absolute atomic E-state index is 10.7. The van der Waals surface area contributed by atoms with Gasteiger partial charge in [-0.2, -0.15) is 0 Å². The first-order valence-corrected chi connectivity index (χ1v) is 7.32. The van der Waals surface area contributed by atoms with E-state index in [9.17, 15) is 9.90 Å². The van der Waals surface area contributed by atoms with Crippen molar-refractivity contribution < 1.29 is 15.0 Å². The summed E-state index contributed by atoms with van der Waals surface area (Å²) in [4.78, 5) is 25.0. The molecule has 8 nitrogen and oxygen atoms in total. The number of carboxylic acid groups (broad SMARTS) is 1. The number of aliphatic hydroxyl groups excluding tert-OH is 1. The zero-order valence-electron chi connectivity index (χ0n) is 13.0. The summed E-state index contributed by atoms with van der Waals surface area (Å²) in [5, 5.41) is 18.9. The Hall–Kier alpha value is -1.93. The quantitative estimate of drug-likeness (QED) is 0.752. The van der Waals surface area contributed by atoms with Crippen molar-refractivity contribution in [3.8, 4) is 0 Å². The number of hydrogen-bond donors (Lipinski definition) is 2. The van der Waals surface area contributed by atoms with E-state index in [0.29, 0.717) is 32.7 Å². The topological polar surface area (TPSA) is 93.0 Å². The molecule has 1 atom stereocenters. The molecular weight excluding hydrogens is 286 g/mol. The molecule has 0 radical (unpaired) electrons. The summed E-state index contributed by atoms with van der Waals surface area (Å²) in [6.45, 7) is 2.81. The highest BCUT2D eigenvalue weighted by Gasteiger charge is 2.22. The van der Waals surface area contributed by atoms with Crippen LogP contribution in [-0.4, -0.2) is 84.0 Å². The third kappa shape index (κ3) is 4.54. The number of rotatable bonds is 5. The molecule has 1 saturated heterocycles. The molecule has 0 saturated carbocycles. The monoisotopic (exact) mass is 309 g/mol. The predicted molar refractivity (Wildman–Crippen MR) is 83.3 cm³/mol. The maximum atomic E-state index is 10.7. The molecule has 0 aliphatic carbocycles. The summed E-state index contributed by atoms with van der Waals surface area (Å²) in [5.74, 6) is 0.770. The highest BCUT2D eigenvalue weighted by molar-refractivity contribution is 5.66. The molecule has 0 amide bonds. The SMILES string of the molecule is CN(C)c1cc(N2CCN(CCC(=O)O)C[C@@H](O)C2)ncn1. The van der Waals surface area contributed by atoms with Crippen molar-refractivity contribution >= 4 is 17.6 Å². The Kier molecular flexibility index (Phi) is 5.51. The molecule has 0 unspecified atom stereocenters. The van der Waals surface area contributed by atoms with Gasteiger partial charge in [0.15, 0.2) is 0 Å². The number of carboxylic acids is 1. The number of hydrogen-bond acceptors (Lipinski definition) is 7. The fourth-order valence-corrected chi connectivity index (χ4v) is 2.47. The number of anilines is 2. The number of β-amino-alcohol motifs (C(OH)–C–C–N with tert-alkyl or cyclic N) is 1. The van der Waals surface area contributed by atoms with E-state index >= 15 is 0 Å². The molecule has 2 N–H and O–H groups in total. The van der Waals surface area contributed by atoms with Crippen LogP contribution in [-0.2, 0) is 4.79 Å². The van der Waals surface area contributed by atoms with Crippen LogP contribution >= 0.6 is 0 Å². The lowest BCUT2D eigenvalue weighted by molar-refractivity contribution is -0.137. The highest BCUT2D eigenvalue weighted by atomic mass is 16.4. The van der Waals surface area contributed by atoms with E-state index in [1.807, 2.05) is 34.9 Å². The Morgan fingerprint density at radius 1 is 1.36 bits per heavy atom. The van der Waals surface area contributed by atoms with Gasteiger partial charge in [0, 0.05) is 52.9 Å². The van der Waals surface area contributed by atoms with Gasteiger partial charge in [-0.3, -0.25) is 9.69 Å². The van der Waals surface area contributed by atoms with Gasteiger partial charge >= 0.3 is 5.97 Å². The zero-order valence-corrected chi connectivity index (χ0v) is 13.0. The number of aliphatic hydroxyl groups is 1. The van der Waals surface area contributed by atoms with Gasteiger partial charge in [0.05, 0.1) is 12.5 Å². The Bertz CT molecular complexity index is 511. The third-order valence-electron chi connectivity index (χ3n) is 3.65. The fourth-order valence-electron chi connectivity index (χ4n) is 2.47. The predicted octanol–water partition coefficient (Wildman–Crippen LogP) is -0.500. The molecule has 2 heterocycles. The van der Waals surface area contributed by atoms with Crippen molar-refractivity contribution in [3.63, 3.8) is 0 Å².